The van der Waals surface area contributed by atoms with E-state index >= 15 is 0 Å². The molecule has 0 amide bonds. The molecular weight excluding hydrogens is 312 g/mol. The number of rotatable bonds is 6. The molecule has 0 unspecified atom stereocenters. The molecule has 2 rings (SSSR count). The van der Waals surface area contributed by atoms with Crippen LogP contribution in [0.1, 0.15) is 33.9 Å². The largest absolute Gasteiger partial charge is 0.461 e. The van der Waals surface area contributed by atoms with E-state index in [0.717, 1.165) is 16.9 Å². The van der Waals surface area contributed by atoms with Gasteiger partial charge in [-0.25, -0.2) is 9.78 Å². The summed E-state index contributed by atoms with van der Waals surface area (Å²) in [5.41, 5.74) is 0.982. The van der Waals surface area contributed by atoms with Crippen LogP contribution in [0.5, 0.6) is 0 Å². The first-order chi connectivity index (χ1) is 11.2. The first-order valence-corrected chi connectivity index (χ1v) is 7.82. The molecular formula is C17H14N2O3S. The summed E-state index contributed by atoms with van der Waals surface area (Å²) in [6.07, 6.45) is 3.00. The van der Waals surface area contributed by atoms with Crippen molar-refractivity contribution in [3.8, 4) is 6.07 Å². The maximum absolute atomic E-state index is 12.2. The Morgan fingerprint density at radius 1 is 1.39 bits per heavy atom. The van der Waals surface area contributed by atoms with E-state index < -0.39 is 11.9 Å². The number of nitrogens with zero attached hydrogens (tertiary/aromatic N) is 2. The average molecular weight is 326 g/mol. The van der Waals surface area contributed by atoms with Crippen molar-refractivity contribution in [1.82, 2.24) is 4.98 Å². The molecule has 5 nitrogen and oxygen atoms in total. The highest BCUT2D eigenvalue weighted by molar-refractivity contribution is 7.10. The molecule has 0 N–H and O–H groups in total. The Kier molecular flexibility index (Phi) is 5.78. The van der Waals surface area contributed by atoms with Crippen LogP contribution >= 0.6 is 11.3 Å². The fourth-order valence-electron chi connectivity index (χ4n) is 1.80. The van der Waals surface area contributed by atoms with Crippen molar-refractivity contribution in [2.45, 2.75) is 12.8 Å². The van der Waals surface area contributed by atoms with Crippen LogP contribution in [-0.4, -0.2) is 23.3 Å². The Labute approximate surface area is 137 Å². The first-order valence-electron chi connectivity index (χ1n) is 6.94. The van der Waals surface area contributed by atoms with Crippen molar-refractivity contribution in [3.63, 3.8) is 0 Å². The highest BCUT2D eigenvalue weighted by Crippen LogP contribution is 2.22. The minimum atomic E-state index is -1.02. The van der Waals surface area contributed by atoms with Gasteiger partial charge in [0.2, 0.25) is 0 Å². The Morgan fingerprint density at radius 3 is 2.78 bits per heavy atom. The summed E-state index contributed by atoms with van der Waals surface area (Å²) in [6, 6.07) is 11.2. The summed E-state index contributed by atoms with van der Waals surface area (Å²) in [4.78, 5) is 27.8. The number of nitriles is 1. The molecule has 1 aromatic heterocycles. The lowest BCUT2D eigenvalue weighted by Crippen LogP contribution is -2.09. The molecule has 0 spiro atoms. The highest BCUT2D eigenvalue weighted by Gasteiger charge is 2.23. The van der Waals surface area contributed by atoms with Crippen molar-refractivity contribution in [2.75, 3.05) is 6.61 Å². The van der Waals surface area contributed by atoms with Crippen LogP contribution in [0.3, 0.4) is 0 Å². The van der Waals surface area contributed by atoms with E-state index in [-0.39, 0.29) is 18.1 Å². The van der Waals surface area contributed by atoms with E-state index in [0.29, 0.717) is 5.01 Å². The van der Waals surface area contributed by atoms with Gasteiger partial charge in [-0.05, 0) is 18.6 Å². The van der Waals surface area contributed by atoms with Crippen LogP contribution in [0, 0.1) is 11.3 Å². The summed E-state index contributed by atoms with van der Waals surface area (Å²) in [6.45, 7) is 1.94. The van der Waals surface area contributed by atoms with E-state index in [1.165, 1.54) is 11.5 Å². The van der Waals surface area contributed by atoms with Gasteiger partial charge in [0.15, 0.2) is 17.4 Å². The molecule has 23 heavy (non-hydrogen) atoms. The Morgan fingerprint density at radius 2 is 2.13 bits per heavy atom. The highest BCUT2D eigenvalue weighted by atomic mass is 32.1. The number of aromatic nitrogens is 1. The topological polar surface area (TPSA) is 80.0 Å². The van der Waals surface area contributed by atoms with Gasteiger partial charge in [0.1, 0.15) is 5.01 Å². The number of hydrogen-bond donors (Lipinski definition) is 0. The Hall–Kier alpha value is -2.78. The van der Waals surface area contributed by atoms with E-state index in [1.807, 2.05) is 36.4 Å². The SMILES string of the molecule is CCOC(=O)c1csc([C@@H](C#N)C(=O)/C=C\c2ccccc2)n1. The molecule has 2 aromatic rings. The molecule has 0 aliphatic carbocycles. The fraction of sp³-hybridized carbons (Fsp3) is 0.176. The lowest BCUT2D eigenvalue weighted by Gasteiger charge is -2.01. The molecule has 1 heterocycles. The number of allylic oxidation sites excluding steroid dienone is 1. The van der Waals surface area contributed by atoms with E-state index in [9.17, 15) is 14.9 Å². The second kappa shape index (κ2) is 8.01. The number of ether oxygens (including phenoxy) is 1. The van der Waals surface area contributed by atoms with Crippen molar-refractivity contribution in [2.24, 2.45) is 0 Å². The van der Waals surface area contributed by atoms with Crippen LogP contribution < -0.4 is 0 Å². The van der Waals surface area contributed by atoms with Gasteiger partial charge in [-0.1, -0.05) is 36.4 Å². The van der Waals surface area contributed by atoms with Crippen molar-refractivity contribution < 1.29 is 14.3 Å². The molecule has 0 bridgehead atoms. The zero-order chi connectivity index (χ0) is 16.7. The molecule has 0 aliphatic heterocycles. The third-order valence-electron chi connectivity index (χ3n) is 2.91. The van der Waals surface area contributed by atoms with E-state index in [1.54, 1.807) is 13.0 Å². The number of ketones is 1. The van der Waals surface area contributed by atoms with Crippen molar-refractivity contribution >= 4 is 29.2 Å². The van der Waals surface area contributed by atoms with Crippen LogP contribution in [-0.2, 0) is 9.53 Å². The minimum Gasteiger partial charge on any atom is -0.461 e. The third-order valence-corrected chi connectivity index (χ3v) is 3.82. The van der Waals surface area contributed by atoms with Gasteiger partial charge in [-0.2, -0.15) is 5.26 Å². The predicted molar refractivity (Wildman–Crippen MR) is 86.9 cm³/mol. The molecule has 0 aliphatic rings. The van der Waals surface area contributed by atoms with Crippen LogP contribution in [0.2, 0.25) is 0 Å². The summed E-state index contributed by atoms with van der Waals surface area (Å²) >= 11 is 1.10. The lowest BCUT2D eigenvalue weighted by molar-refractivity contribution is -0.114. The average Bonchev–Trinajstić information content (AvgIpc) is 3.05. The van der Waals surface area contributed by atoms with Crippen LogP contribution in [0.4, 0.5) is 0 Å². The van der Waals surface area contributed by atoms with Gasteiger partial charge in [0, 0.05) is 5.38 Å². The van der Waals surface area contributed by atoms with Gasteiger partial charge in [0.05, 0.1) is 12.7 Å². The van der Waals surface area contributed by atoms with Gasteiger partial charge in [0.25, 0.3) is 0 Å². The molecule has 0 radical (unpaired) electrons. The van der Waals surface area contributed by atoms with Crippen LogP contribution in [0.15, 0.2) is 41.8 Å². The standard InChI is InChI=1S/C17H14N2O3S/c1-2-22-17(21)14-11-23-16(19-14)13(10-18)15(20)9-8-12-6-4-3-5-7-12/h3-9,11,13H,2H2,1H3/b9-8-/t13-/m0/s1. The zero-order valence-electron chi connectivity index (χ0n) is 12.4. The molecule has 0 saturated carbocycles. The van der Waals surface area contributed by atoms with E-state index in [2.05, 4.69) is 4.98 Å². The maximum Gasteiger partial charge on any atom is 0.357 e. The van der Waals surface area contributed by atoms with E-state index in [4.69, 9.17) is 4.74 Å². The number of thiazole rings is 1. The maximum atomic E-state index is 12.2. The normalized spacial score (nSPS) is 11.8. The fourth-order valence-corrected chi connectivity index (χ4v) is 2.64. The van der Waals surface area contributed by atoms with Gasteiger partial charge in [-0.15, -0.1) is 11.3 Å². The summed E-state index contributed by atoms with van der Waals surface area (Å²) in [5, 5.41) is 11.0. The third kappa shape index (κ3) is 4.34. The molecule has 116 valence electrons. The second-order valence-electron chi connectivity index (χ2n) is 4.50. The van der Waals surface area contributed by atoms with Gasteiger partial charge in [-0.3, -0.25) is 4.79 Å². The first kappa shape index (κ1) is 16.6. The van der Waals surface area contributed by atoms with Crippen molar-refractivity contribution in [1.29, 1.82) is 5.26 Å². The number of carbonyl (C=O) groups is 2. The van der Waals surface area contributed by atoms with Gasteiger partial charge >= 0.3 is 5.97 Å². The predicted octanol–water partition coefficient (Wildman–Crippen LogP) is 3.21. The molecule has 6 heteroatoms. The molecule has 0 fully saturated rings. The lowest BCUT2D eigenvalue weighted by atomic mass is 10.1. The molecule has 1 aromatic carbocycles. The zero-order valence-corrected chi connectivity index (χ0v) is 13.2. The monoisotopic (exact) mass is 326 g/mol. The summed E-state index contributed by atoms with van der Waals surface area (Å²) in [5.74, 6) is -1.96. The number of carbonyl (C=O) groups excluding carboxylic acids is 2. The summed E-state index contributed by atoms with van der Waals surface area (Å²) in [7, 11) is 0. The Balaban J connectivity index is 2.13. The van der Waals surface area contributed by atoms with Crippen LogP contribution in [0.25, 0.3) is 6.08 Å². The number of benzene rings is 1. The Bertz CT molecular complexity index is 760. The summed E-state index contributed by atoms with van der Waals surface area (Å²) < 4.78 is 4.84. The minimum absolute atomic E-state index is 0.118. The smallest absolute Gasteiger partial charge is 0.357 e. The molecule has 0 saturated heterocycles. The molecule has 1 atom stereocenters. The number of hydrogen-bond acceptors (Lipinski definition) is 6. The quantitative estimate of drug-likeness (QED) is 0.601. The van der Waals surface area contributed by atoms with Crippen molar-refractivity contribution in [3.05, 3.63) is 58.1 Å². The van der Waals surface area contributed by atoms with Gasteiger partial charge < -0.3 is 4.74 Å². The second-order valence-corrected chi connectivity index (χ2v) is 5.39. The number of esters is 1.